The highest BCUT2D eigenvalue weighted by atomic mass is 16.7. The predicted octanol–water partition coefficient (Wildman–Crippen LogP) is 2.69. The quantitative estimate of drug-likeness (QED) is 0.714. The van der Waals surface area contributed by atoms with Crippen LogP contribution in [0.25, 0.3) is 0 Å². The second-order valence-corrected chi connectivity index (χ2v) is 5.81. The average Bonchev–Trinajstić information content (AvgIpc) is 3.31. The summed E-state index contributed by atoms with van der Waals surface area (Å²) in [4.78, 5) is 12.3. The minimum absolute atomic E-state index is 0.0700. The summed E-state index contributed by atoms with van der Waals surface area (Å²) in [6.45, 7) is 0.358. The van der Waals surface area contributed by atoms with Crippen molar-refractivity contribution in [1.82, 2.24) is 0 Å². The van der Waals surface area contributed by atoms with E-state index in [9.17, 15) is 4.79 Å². The molecule has 2 aromatic carbocycles. The molecule has 142 valence electrons. The molecule has 0 saturated carbocycles. The molecule has 0 fully saturated rings. The number of hydrogen-bond acceptors (Lipinski definition) is 8. The molecule has 0 aromatic heterocycles. The molecule has 8 heteroatoms. The molecule has 2 aliphatic heterocycles. The van der Waals surface area contributed by atoms with Crippen molar-refractivity contribution < 1.29 is 38.0 Å². The lowest BCUT2D eigenvalue weighted by atomic mass is 10.00. The zero-order valence-electron chi connectivity index (χ0n) is 15.1. The monoisotopic (exact) mass is 374 g/mol. The zero-order valence-corrected chi connectivity index (χ0v) is 15.1. The molecule has 0 bridgehead atoms. The number of carbonyl (C=O) groups is 1. The fourth-order valence-corrected chi connectivity index (χ4v) is 3.26. The molecule has 4 rings (SSSR count). The van der Waals surface area contributed by atoms with Gasteiger partial charge in [-0.1, -0.05) is 0 Å². The molecular formula is C19H18O8. The Kier molecular flexibility index (Phi) is 4.31. The van der Waals surface area contributed by atoms with Crippen LogP contribution in [0.3, 0.4) is 0 Å². The van der Waals surface area contributed by atoms with Gasteiger partial charge in [-0.05, 0) is 12.1 Å². The maximum Gasteiger partial charge on any atom is 0.339 e. The lowest BCUT2D eigenvalue weighted by molar-refractivity contribution is 0.0532. The smallest absolute Gasteiger partial charge is 0.339 e. The minimum Gasteiger partial charge on any atom is -0.492 e. The molecule has 0 spiro atoms. The van der Waals surface area contributed by atoms with Gasteiger partial charge in [0.05, 0.1) is 38.0 Å². The Bertz CT molecular complexity index is 905. The van der Waals surface area contributed by atoms with E-state index in [4.69, 9.17) is 33.2 Å². The Balaban J connectivity index is 1.73. The molecule has 0 unspecified atom stereocenters. The number of hydrogen-bond donors (Lipinski definition) is 0. The van der Waals surface area contributed by atoms with Crippen LogP contribution in [0, 0.1) is 0 Å². The SMILES string of the molecule is COc1c2c(c(COc3ccc4c(c3)OCO4)c(OC)c1OC)C(=O)OC2. The van der Waals surface area contributed by atoms with Gasteiger partial charge in [0.15, 0.2) is 23.0 Å². The Morgan fingerprint density at radius 3 is 2.41 bits per heavy atom. The maximum atomic E-state index is 12.3. The van der Waals surface area contributed by atoms with Crippen molar-refractivity contribution in [2.45, 2.75) is 13.2 Å². The molecular weight excluding hydrogens is 356 g/mol. The van der Waals surface area contributed by atoms with E-state index in [-0.39, 0.29) is 20.0 Å². The van der Waals surface area contributed by atoms with Crippen molar-refractivity contribution >= 4 is 5.97 Å². The third-order valence-corrected chi connectivity index (χ3v) is 4.46. The molecule has 0 atom stereocenters. The van der Waals surface area contributed by atoms with Crippen molar-refractivity contribution in [2.24, 2.45) is 0 Å². The summed E-state index contributed by atoms with van der Waals surface area (Å²) in [7, 11) is 4.50. The number of ether oxygens (including phenoxy) is 7. The Morgan fingerprint density at radius 2 is 1.67 bits per heavy atom. The summed E-state index contributed by atoms with van der Waals surface area (Å²) in [6, 6.07) is 5.26. The zero-order chi connectivity index (χ0) is 19.0. The predicted molar refractivity (Wildman–Crippen MR) is 92.1 cm³/mol. The van der Waals surface area contributed by atoms with Crippen molar-refractivity contribution in [2.75, 3.05) is 28.1 Å². The lowest BCUT2D eigenvalue weighted by Gasteiger charge is -2.19. The first-order chi connectivity index (χ1) is 13.2. The summed E-state index contributed by atoms with van der Waals surface area (Å²) in [5.74, 6) is 2.56. The second kappa shape index (κ2) is 6.79. The minimum atomic E-state index is -0.450. The van der Waals surface area contributed by atoms with Gasteiger partial charge in [0.2, 0.25) is 12.5 Å². The third-order valence-electron chi connectivity index (χ3n) is 4.46. The van der Waals surface area contributed by atoms with Gasteiger partial charge >= 0.3 is 5.97 Å². The first kappa shape index (κ1) is 17.1. The first-order valence-electron chi connectivity index (χ1n) is 8.21. The van der Waals surface area contributed by atoms with E-state index in [0.717, 1.165) is 0 Å². The summed E-state index contributed by atoms with van der Waals surface area (Å²) in [5, 5.41) is 0. The Hall–Kier alpha value is -3.29. The van der Waals surface area contributed by atoms with Crippen molar-refractivity contribution in [3.63, 3.8) is 0 Å². The van der Waals surface area contributed by atoms with Gasteiger partial charge in [0.1, 0.15) is 19.0 Å². The van der Waals surface area contributed by atoms with Crippen LogP contribution in [0.1, 0.15) is 21.5 Å². The normalized spacial score (nSPS) is 13.8. The molecule has 2 aliphatic rings. The Labute approximate surface area is 155 Å². The average molecular weight is 374 g/mol. The number of rotatable bonds is 6. The van der Waals surface area contributed by atoms with Crippen LogP contribution >= 0.6 is 0 Å². The van der Waals surface area contributed by atoms with Crippen LogP contribution < -0.4 is 28.4 Å². The molecule has 8 nitrogen and oxygen atoms in total. The third kappa shape index (κ3) is 2.73. The van der Waals surface area contributed by atoms with Gasteiger partial charge in [-0.2, -0.15) is 0 Å². The van der Waals surface area contributed by atoms with Crippen molar-refractivity contribution in [1.29, 1.82) is 0 Å². The van der Waals surface area contributed by atoms with Crippen molar-refractivity contribution in [3.8, 4) is 34.5 Å². The number of cyclic esters (lactones) is 1. The van der Waals surface area contributed by atoms with Gasteiger partial charge in [-0.15, -0.1) is 0 Å². The van der Waals surface area contributed by atoms with E-state index in [2.05, 4.69) is 0 Å². The van der Waals surface area contributed by atoms with Gasteiger partial charge in [0, 0.05) is 6.07 Å². The number of esters is 1. The van der Waals surface area contributed by atoms with E-state index in [1.54, 1.807) is 18.2 Å². The van der Waals surface area contributed by atoms with Gasteiger partial charge in [-0.3, -0.25) is 0 Å². The first-order valence-corrected chi connectivity index (χ1v) is 8.21. The molecule has 0 N–H and O–H groups in total. The van der Waals surface area contributed by atoms with E-state index in [0.29, 0.717) is 51.2 Å². The van der Waals surface area contributed by atoms with Crippen LogP contribution in [-0.2, 0) is 18.0 Å². The van der Waals surface area contributed by atoms with Crippen LogP contribution in [0.5, 0.6) is 34.5 Å². The van der Waals surface area contributed by atoms with Crippen LogP contribution in [0.2, 0.25) is 0 Å². The van der Waals surface area contributed by atoms with Crippen molar-refractivity contribution in [3.05, 3.63) is 34.9 Å². The molecule has 2 aromatic rings. The Morgan fingerprint density at radius 1 is 0.926 bits per heavy atom. The summed E-state index contributed by atoms with van der Waals surface area (Å²) in [5.41, 5.74) is 1.53. The van der Waals surface area contributed by atoms with E-state index in [1.807, 2.05) is 0 Å². The van der Waals surface area contributed by atoms with Crippen LogP contribution in [0.4, 0.5) is 0 Å². The molecule has 0 radical (unpaired) electrons. The molecule has 0 amide bonds. The number of carbonyl (C=O) groups excluding carboxylic acids is 1. The lowest BCUT2D eigenvalue weighted by Crippen LogP contribution is -2.09. The largest absolute Gasteiger partial charge is 0.492 e. The van der Waals surface area contributed by atoms with E-state index in [1.165, 1.54) is 21.3 Å². The topological polar surface area (TPSA) is 81.7 Å². The second-order valence-electron chi connectivity index (χ2n) is 5.81. The summed E-state index contributed by atoms with van der Waals surface area (Å²) < 4.78 is 38.1. The highest BCUT2D eigenvalue weighted by Gasteiger charge is 2.35. The number of fused-ring (bicyclic) bond motifs is 2. The highest BCUT2D eigenvalue weighted by Crippen LogP contribution is 2.48. The van der Waals surface area contributed by atoms with Gasteiger partial charge in [-0.25, -0.2) is 4.79 Å². The number of benzene rings is 2. The summed E-state index contributed by atoms with van der Waals surface area (Å²) in [6.07, 6.45) is 0. The molecule has 0 aliphatic carbocycles. The fraction of sp³-hybridized carbons (Fsp3) is 0.316. The van der Waals surface area contributed by atoms with Gasteiger partial charge < -0.3 is 33.2 Å². The van der Waals surface area contributed by atoms with E-state index < -0.39 is 5.97 Å². The fourth-order valence-electron chi connectivity index (χ4n) is 3.26. The highest BCUT2D eigenvalue weighted by molar-refractivity contribution is 5.97. The van der Waals surface area contributed by atoms with Gasteiger partial charge in [0.25, 0.3) is 0 Å². The standard InChI is InChI=1S/C19H18O8/c1-21-16-11(7-24-10-4-5-13-14(6-10)27-9-26-13)15-12(8-25-19(15)20)17(22-2)18(16)23-3/h4-6H,7-9H2,1-3H3. The summed E-state index contributed by atoms with van der Waals surface area (Å²) >= 11 is 0. The van der Waals surface area contributed by atoms with Crippen LogP contribution in [-0.4, -0.2) is 34.1 Å². The van der Waals surface area contributed by atoms with E-state index >= 15 is 0 Å². The number of methoxy groups -OCH3 is 3. The maximum absolute atomic E-state index is 12.3. The molecule has 0 saturated heterocycles. The molecule has 2 heterocycles. The van der Waals surface area contributed by atoms with Crippen LogP contribution in [0.15, 0.2) is 18.2 Å². The molecule has 27 heavy (non-hydrogen) atoms.